The fourth-order valence-corrected chi connectivity index (χ4v) is 2.25. The molecule has 0 saturated carbocycles. The second-order valence-electron chi connectivity index (χ2n) is 5.35. The van der Waals surface area contributed by atoms with Gasteiger partial charge in [-0.2, -0.15) is 0 Å². The van der Waals surface area contributed by atoms with E-state index in [0.29, 0.717) is 0 Å². The van der Waals surface area contributed by atoms with Crippen molar-refractivity contribution in [2.75, 3.05) is 6.61 Å². The van der Waals surface area contributed by atoms with E-state index in [1.54, 1.807) is 0 Å². The molecule has 0 radical (unpaired) electrons. The molecule has 1 heteroatoms. The minimum Gasteiger partial charge on any atom is -0.494 e. The summed E-state index contributed by atoms with van der Waals surface area (Å²) in [6, 6.07) is 7.74. The molecule has 0 aromatic heterocycles. The zero-order valence-electron chi connectivity index (χ0n) is 12.9. The summed E-state index contributed by atoms with van der Waals surface area (Å²) >= 11 is 0. The summed E-state index contributed by atoms with van der Waals surface area (Å²) in [5, 5.41) is 0. The predicted octanol–water partition coefficient (Wildman–Crippen LogP) is 5.58. The summed E-state index contributed by atoms with van der Waals surface area (Å²) in [4.78, 5) is 0. The zero-order chi connectivity index (χ0) is 14.5. The highest BCUT2D eigenvalue weighted by Gasteiger charge is 1.95. The van der Waals surface area contributed by atoms with Gasteiger partial charge in [-0.3, -0.25) is 0 Å². The number of benzene rings is 1. The highest BCUT2D eigenvalue weighted by molar-refractivity contribution is 5.36. The molecule has 1 rings (SSSR count). The molecule has 20 heavy (non-hydrogen) atoms. The Morgan fingerprint density at radius 2 is 1.40 bits per heavy atom. The molecule has 1 nitrogen and oxygen atoms in total. The van der Waals surface area contributed by atoms with Crippen molar-refractivity contribution in [1.29, 1.82) is 0 Å². The van der Waals surface area contributed by atoms with Crippen LogP contribution < -0.4 is 4.74 Å². The smallest absolute Gasteiger partial charge is 0.119 e. The summed E-state index contributed by atoms with van der Waals surface area (Å²) in [5.74, 6) is 3.53. The van der Waals surface area contributed by atoms with Gasteiger partial charge in [0.1, 0.15) is 5.75 Å². The molecule has 110 valence electrons. The Labute approximate surface area is 124 Å². The summed E-state index contributed by atoms with van der Waals surface area (Å²) in [6.45, 7) is 3.07. The molecule has 0 saturated heterocycles. The van der Waals surface area contributed by atoms with Gasteiger partial charge in [0, 0.05) is 5.56 Å². The largest absolute Gasteiger partial charge is 0.494 e. The minimum absolute atomic E-state index is 0.811. The van der Waals surface area contributed by atoms with Crippen LogP contribution in [0.15, 0.2) is 24.3 Å². The maximum atomic E-state index is 5.70. The molecule has 0 heterocycles. The van der Waals surface area contributed by atoms with E-state index in [9.17, 15) is 0 Å². The summed E-state index contributed by atoms with van der Waals surface area (Å²) < 4.78 is 5.70. The fraction of sp³-hybridized carbons (Fsp3) is 0.579. The van der Waals surface area contributed by atoms with Gasteiger partial charge >= 0.3 is 0 Å². The van der Waals surface area contributed by atoms with Gasteiger partial charge in [0.2, 0.25) is 0 Å². The lowest BCUT2D eigenvalue weighted by molar-refractivity contribution is 0.304. The van der Waals surface area contributed by atoms with Crippen molar-refractivity contribution in [3.63, 3.8) is 0 Å². The van der Waals surface area contributed by atoms with Gasteiger partial charge in [-0.15, -0.1) is 6.42 Å². The maximum Gasteiger partial charge on any atom is 0.119 e. The molecule has 0 aliphatic heterocycles. The van der Waals surface area contributed by atoms with Crippen LogP contribution in [0.5, 0.6) is 5.75 Å². The molecular weight excluding hydrogens is 244 g/mol. The molecular formula is C19H28O. The average molecular weight is 272 g/mol. The number of ether oxygens (including phenoxy) is 1. The Balaban J connectivity index is 1.93. The standard InChI is InChI=1S/C19H28O/c1-3-5-6-7-8-9-10-11-12-17-20-19-15-13-18(4-2)14-16-19/h2,13-16H,3,5-12,17H2,1H3. The van der Waals surface area contributed by atoms with Gasteiger partial charge in [0.25, 0.3) is 0 Å². The molecule has 0 atom stereocenters. The van der Waals surface area contributed by atoms with Crippen LogP contribution in [0.3, 0.4) is 0 Å². The molecule has 0 aliphatic carbocycles. The van der Waals surface area contributed by atoms with Crippen molar-refractivity contribution in [2.24, 2.45) is 0 Å². The van der Waals surface area contributed by atoms with Crippen LogP contribution in [0.1, 0.15) is 70.3 Å². The number of hydrogen-bond donors (Lipinski definition) is 0. The van der Waals surface area contributed by atoms with Gasteiger partial charge in [-0.25, -0.2) is 0 Å². The molecule has 0 N–H and O–H groups in total. The predicted molar refractivity (Wildman–Crippen MR) is 87.1 cm³/mol. The van der Waals surface area contributed by atoms with Gasteiger partial charge in [0.05, 0.1) is 6.61 Å². The van der Waals surface area contributed by atoms with Crippen molar-refractivity contribution in [3.05, 3.63) is 29.8 Å². The van der Waals surface area contributed by atoms with E-state index in [2.05, 4.69) is 12.8 Å². The second kappa shape index (κ2) is 11.4. The number of unbranched alkanes of at least 4 members (excludes halogenated alkanes) is 8. The van der Waals surface area contributed by atoms with E-state index in [4.69, 9.17) is 11.2 Å². The first-order valence-corrected chi connectivity index (χ1v) is 8.06. The third-order valence-electron chi connectivity index (χ3n) is 3.54. The van der Waals surface area contributed by atoms with Gasteiger partial charge < -0.3 is 4.74 Å². The van der Waals surface area contributed by atoms with Crippen molar-refractivity contribution in [2.45, 2.75) is 64.7 Å². The Kier molecular flexibility index (Phi) is 9.49. The van der Waals surface area contributed by atoms with Crippen LogP contribution in [0, 0.1) is 12.3 Å². The summed E-state index contributed by atoms with van der Waals surface area (Å²) in [7, 11) is 0. The van der Waals surface area contributed by atoms with Crippen LogP contribution in [0.25, 0.3) is 0 Å². The Bertz CT molecular complexity index is 372. The molecule has 0 fully saturated rings. The Morgan fingerprint density at radius 1 is 0.850 bits per heavy atom. The first kappa shape index (κ1) is 16.6. The molecule has 0 amide bonds. The van der Waals surface area contributed by atoms with E-state index in [1.165, 1.54) is 51.4 Å². The average Bonchev–Trinajstić information content (AvgIpc) is 2.50. The van der Waals surface area contributed by atoms with Crippen molar-refractivity contribution in [1.82, 2.24) is 0 Å². The SMILES string of the molecule is C#Cc1ccc(OCCCCCCCCCCC)cc1. The molecule has 1 aromatic carbocycles. The molecule has 0 spiro atoms. The Morgan fingerprint density at radius 3 is 1.95 bits per heavy atom. The number of rotatable bonds is 11. The van der Waals surface area contributed by atoms with Crippen molar-refractivity contribution >= 4 is 0 Å². The van der Waals surface area contributed by atoms with Crippen molar-refractivity contribution < 1.29 is 4.74 Å². The normalized spacial score (nSPS) is 10.2. The van der Waals surface area contributed by atoms with Gasteiger partial charge in [-0.05, 0) is 30.7 Å². The van der Waals surface area contributed by atoms with Crippen molar-refractivity contribution in [3.8, 4) is 18.1 Å². The van der Waals surface area contributed by atoms with Crippen LogP contribution in [0.2, 0.25) is 0 Å². The molecule has 0 aliphatic rings. The summed E-state index contributed by atoms with van der Waals surface area (Å²) in [5.41, 5.74) is 0.903. The van der Waals surface area contributed by atoms with E-state index in [0.717, 1.165) is 24.3 Å². The minimum atomic E-state index is 0.811. The first-order chi connectivity index (χ1) is 9.86. The van der Waals surface area contributed by atoms with E-state index in [1.807, 2.05) is 24.3 Å². The van der Waals surface area contributed by atoms with E-state index in [-0.39, 0.29) is 0 Å². The van der Waals surface area contributed by atoms with Gasteiger partial charge in [0.15, 0.2) is 0 Å². The van der Waals surface area contributed by atoms with Crippen LogP contribution >= 0.6 is 0 Å². The third kappa shape index (κ3) is 7.89. The lowest BCUT2D eigenvalue weighted by Crippen LogP contribution is -1.97. The lowest BCUT2D eigenvalue weighted by Gasteiger charge is -2.06. The number of terminal acetylenes is 1. The second-order valence-corrected chi connectivity index (χ2v) is 5.35. The van der Waals surface area contributed by atoms with Crippen LogP contribution in [0.4, 0.5) is 0 Å². The maximum absolute atomic E-state index is 5.70. The Hall–Kier alpha value is -1.42. The number of hydrogen-bond acceptors (Lipinski definition) is 1. The first-order valence-electron chi connectivity index (χ1n) is 8.06. The fourth-order valence-electron chi connectivity index (χ4n) is 2.25. The van der Waals surface area contributed by atoms with Crippen LogP contribution in [-0.4, -0.2) is 6.61 Å². The topological polar surface area (TPSA) is 9.23 Å². The van der Waals surface area contributed by atoms with Crippen LogP contribution in [-0.2, 0) is 0 Å². The lowest BCUT2D eigenvalue weighted by atomic mass is 10.1. The van der Waals surface area contributed by atoms with Gasteiger partial charge in [-0.1, -0.05) is 64.2 Å². The highest BCUT2D eigenvalue weighted by atomic mass is 16.5. The molecule has 0 bridgehead atoms. The summed E-state index contributed by atoms with van der Waals surface area (Å²) in [6.07, 6.45) is 17.4. The zero-order valence-corrected chi connectivity index (χ0v) is 12.9. The monoisotopic (exact) mass is 272 g/mol. The quantitative estimate of drug-likeness (QED) is 0.377. The highest BCUT2D eigenvalue weighted by Crippen LogP contribution is 2.13. The van der Waals surface area contributed by atoms with E-state index >= 15 is 0 Å². The molecule has 1 aromatic rings. The molecule has 0 unspecified atom stereocenters. The third-order valence-corrected chi connectivity index (χ3v) is 3.54. The van der Waals surface area contributed by atoms with E-state index < -0.39 is 0 Å².